The Bertz CT molecular complexity index is 3280. The van der Waals surface area contributed by atoms with Crippen molar-refractivity contribution in [2.24, 2.45) is 0 Å². The Balaban J connectivity index is 0.000000210. The lowest BCUT2D eigenvalue weighted by Gasteiger charge is -1.90. The van der Waals surface area contributed by atoms with Crippen molar-refractivity contribution in [1.29, 1.82) is 0 Å². The van der Waals surface area contributed by atoms with Crippen molar-refractivity contribution in [1.82, 2.24) is 94.7 Å². The second kappa shape index (κ2) is 35.1. The molecule has 14 N–H and O–H groups in total. The molecule has 10 aromatic heterocycles. The number of aryl methyl sites for hydroxylation is 1. The van der Waals surface area contributed by atoms with Gasteiger partial charge >= 0.3 is 0 Å². The number of anilines is 4. The fourth-order valence-electron chi connectivity index (χ4n) is 3.32. The molecule has 0 atom stereocenters. The molecule has 10 heterocycles. The Hall–Kier alpha value is -4.11. The monoisotopic (exact) mass is 1260 g/mol. The predicted octanol–water partition coefficient (Wildman–Crippen LogP) is 11.1. The average Bonchev–Trinajstić information content (AvgIpc) is 4.20. The van der Waals surface area contributed by atoms with E-state index in [1.807, 2.05) is 55.8 Å². The van der Waals surface area contributed by atoms with E-state index < -0.39 is 0 Å². The lowest BCUT2D eigenvalue weighted by atomic mass is 10.3. The predicted molar refractivity (Wildman–Crippen MR) is 310 cm³/mol. The number of nitrogens with zero attached hydrogens (tertiary/aromatic N) is 13. The third-order valence-electron chi connectivity index (χ3n) is 5.92. The maximum Gasteiger partial charge on any atom is 0.203 e. The molecule has 1 aromatic carbocycles. The minimum absolute atomic E-state index is 0.488. The van der Waals surface area contributed by atoms with Crippen LogP contribution in [0.25, 0.3) is 21.6 Å². The van der Waals surface area contributed by atoms with Gasteiger partial charge in [0.15, 0.2) is 32.4 Å². The van der Waals surface area contributed by atoms with Gasteiger partial charge in [0.1, 0.15) is 31.6 Å². The molecule has 0 saturated carbocycles. The highest BCUT2D eigenvalue weighted by Gasteiger charge is 2.02. The van der Waals surface area contributed by atoms with E-state index in [0.717, 1.165) is 47.2 Å². The van der Waals surface area contributed by atoms with Gasteiger partial charge in [-0.25, -0.2) is 0 Å². The van der Waals surface area contributed by atoms with Gasteiger partial charge in [-0.2, -0.15) is 24.0 Å². The largest absolute Gasteiger partial charge is 0.388 e. The minimum Gasteiger partial charge on any atom is -0.388 e. The van der Waals surface area contributed by atoms with Crippen molar-refractivity contribution in [2.75, 3.05) is 35.4 Å². The normalized spacial score (nSPS) is 9.47. The summed E-state index contributed by atoms with van der Waals surface area (Å²) >= 11 is 43.6. The van der Waals surface area contributed by atoms with Crippen LogP contribution in [0, 0.1) is 30.6 Å². The van der Waals surface area contributed by atoms with Crippen LogP contribution in [0.4, 0.5) is 20.4 Å². The maximum atomic E-state index is 5.45. The highest BCUT2D eigenvalue weighted by Crippen LogP contribution is 2.23. The molecule has 0 bridgehead atoms. The lowest BCUT2D eigenvalue weighted by Crippen LogP contribution is -1.80. The summed E-state index contributed by atoms with van der Waals surface area (Å²) in [6.45, 7) is 1.91. The molecule has 0 spiro atoms. The molecule has 40 heteroatoms. The second-order valence-electron chi connectivity index (χ2n) is 10.7. The smallest absolute Gasteiger partial charge is 0.203 e. The Labute approximate surface area is 471 Å². The van der Waals surface area contributed by atoms with E-state index in [4.69, 9.17) is 71.8 Å². The first-order chi connectivity index (χ1) is 33.6. The highest BCUT2D eigenvalue weighted by atomic mass is 32.2. The van der Waals surface area contributed by atoms with Crippen LogP contribution in [0.2, 0.25) is 0 Å². The minimum atomic E-state index is 0.488. The molecule has 0 fully saturated rings. The van der Waals surface area contributed by atoms with E-state index in [1.165, 1.54) is 109 Å². The fraction of sp³-hybridized carbons (Fsp3) is 0.100. The van der Waals surface area contributed by atoms with E-state index in [1.54, 1.807) is 41.4 Å². The zero-order valence-electron chi connectivity index (χ0n) is 35.3. The Morgan fingerprint density at radius 2 is 1.17 bits per heavy atom. The number of nitrogens with one attached hydrogen (secondary N) is 6. The first-order valence-electron chi connectivity index (χ1n) is 17.6. The number of benzene rings is 1. The maximum absolute atomic E-state index is 5.45. The molecule has 370 valence electrons. The van der Waals surface area contributed by atoms with Crippen LogP contribution < -0.4 is 22.9 Å². The van der Waals surface area contributed by atoms with E-state index >= 15 is 0 Å². The second-order valence-corrected chi connectivity index (χ2v) is 25.3. The van der Waals surface area contributed by atoms with Crippen molar-refractivity contribution in [3.05, 3.63) is 89.2 Å². The Morgan fingerprint density at radius 3 is 1.47 bits per heavy atom. The van der Waals surface area contributed by atoms with Crippen LogP contribution in [0.15, 0.2) is 69.2 Å². The number of hydrogen-bond acceptors (Lipinski definition) is 34. The van der Waals surface area contributed by atoms with Gasteiger partial charge in [-0.15, -0.1) is 30.6 Å². The molecule has 11 aromatic rings. The molecule has 23 nitrogen and oxygen atoms in total. The molecule has 0 unspecified atom stereocenters. The molecule has 70 heavy (non-hydrogen) atoms. The van der Waals surface area contributed by atoms with Crippen LogP contribution in [0.1, 0.15) is 5.01 Å². The van der Waals surface area contributed by atoms with E-state index in [2.05, 4.69) is 119 Å². The summed E-state index contributed by atoms with van der Waals surface area (Å²) in [4.78, 5) is 3.90. The fourth-order valence-corrected chi connectivity index (χ4v) is 10.5. The molecular formula is C30H33N23S17. The third kappa shape index (κ3) is 26.9. The Morgan fingerprint density at radius 1 is 0.571 bits per heavy atom. The summed E-state index contributed by atoms with van der Waals surface area (Å²) < 4.78 is 17.7. The van der Waals surface area contributed by atoms with E-state index in [0.29, 0.717) is 32.3 Å². The molecule has 0 amide bonds. The summed E-state index contributed by atoms with van der Waals surface area (Å²) in [7, 11) is 0. The van der Waals surface area contributed by atoms with Gasteiger partial charge in [0, 0.05) is 29.5 Å². The molecule has 11 rings (SSSR count). The first kappa shape index (κ1) is 60.2. The summed E-state index contributed by atoms with van der Waals surface area (Å²) in [6, 6.07) is 11.6. The first-order valence-corrected chi connectivity index (χ1v) is 29.8. The van der Waals surface area contributed by atoms with Crippen molar-refractivity contribution < 1.29 is 0 Å². The lowest BCUT2D eigenvalue weighted by molar-refractivity contribution is 1.00. The number of aromatic amines is 6. The average molecular weight is 1260 g/mol. The zero-order chi connectivity index (χ0) is 51.1. The summed E-state index contributed by atoms with van der Waals surface area (Å²) in [6.07, 6.45) is 8.87. The number of nitrogens with two attached hydrogens (primary N) is 4. The van der Waals surface area contributed by atoms with Crippen LogP contribution >= 0.6 is 199 Å². The number of H-pyrrole nitrogens is 6. The molecule has 0 saturated heterocycles. The van der Waals surface area contributed by atoms with E-state index in [9.17, 15) is 0 Å². The number of pyridine rings is 1. The number of nitrogen functional groups attached to an aromatic ring is 4. The van der Waals surface area contributed by atoms with Crippen LogP contribution in [-0.4, -0.2) is 107 Å². The van der Waals surface area contributed by atoms with Gasteiger partial charge < -0.3 is 22.9 Å². The van der Waals surface area contributed by atoms with E-state index in [-0.39, 0.29) is 0 Å². The van der Waals surface area contributed by atoms with Crippen molar-refractivity contribution in [3.8, 4) is 10.6 Å². The highest BCUT2D eigenvalue weighted by molar-refractivity contribution is 8.00. The molecule has 0 aliphatic rings. The van der Waals surface area contributed by atoms with Crippen molar-refractivity contribution in [2.45, 2.75) is 15.6 Å². The quantitative estimate of drug-likeness (QED) is 0.0580. The standard InChI is InChI=1S/C7H6N4S.C6H4N2S.C3H5N3S2.C3H4N2S3.C3H4N2S2.C2H3N3S2.C2H3N3S.C2H2N2S3.C2H2N2S2/c8-7-11-10-6(12-7)5-1-3-9-4-2-5;1-2-4-6-5(3-1)7-9-8-6;1-7-3-6-5-2(4)8-3;1-7-3-5-4-2(6)8-3;1-2-4-5-3(6)7-2;3-1-4-5-2(6)7-1;3-2-1-4-5-6-2;5-1-3-4-2(6)7-1;5-2-4-3-1-6-2/h1-4H,(H2,8,11);1-4H;1H3,(H2,4,5);1H3,(H,4,6);1H3,(H,5,6);(H2,3,4)(H,5,6);1H,3H2;(H,3,5)(H,4,6);1H,(H,4,5). The number of aromatic nitrogens is 19. The molecular weight excluding hydrogens is 1230 g/mol. The molecule has 0 aliphatic carbocycles. The summed E-state index contributed by atoms with van der Waals surface area (Å²) in [5.74, 6) is 0. The van der Waals surface area contributed by atoms with Gasteiger partial charge in [0.05, 0.1) is 17.9 Å². The van der Waals surface area contributed by atoms with Crippen molar-refractivity contribution >= 4 is 231 Å². The number of thioether (sulfide) groups is 2. The topological polar surface area (TPSA) is 366 Å². The number of hydrogen-bond donors (Lipinski definition) is 10. The van der Waals surface area contributed by atoms with Crippen LogP contribution in [0.3, 0.4) is 0 Å². The number of fused-ring (bicyclic) bond motifs is 1. The van der Waals surface area contributed by atoms with Crippen LogP contribution in [0.5, 0.6) is 0 Å². The Kier molecular flexibility index (Phi) is 30.2. The molecule has 0 radical (unpaired) electrons. The number of rotatable bonds is 3. The van der Waals surface area contributed by atoms with Gasteiger partial charge in [-0.1, -0.05) is 120 Å². The summed E-state index contributed by atoms with van der Waals surface area (Å²) in [5, 5.41) is 53.1. The third-order valence-corrected chi connectivity index (χ3v) is 15.7. The van der Waals surface area contributed by atoms with Gasteiger partial charge in [-0.3, -0.25) is 35.6 Å². The van der Waals surface area contributed by atoms with Crippen LogP contribution in [-0.2, 0) is 0 Å². The molecule has 0 aliphatic heterocycles. The summed E-state index contributed by atoms with van der Waals surface area (Å²) in [5.41, 5.74) is 25.7. The van der Waals surface area contributed by atoms with Gasteiger partial charge in [0.2, 0.25) is 15.4 Å². The van der Waals surface area contributed by atoms with Gasteiger partial charge in [-0.05, 0) is 117 Å². The SMILES string of the molecule is CSc1n[nH]c(=S)s1.CSc1nnc(N)s1.Cc1n[nH]c(=S)s1.Nc1cnns1.Nc1n[nH]c(=S)s1.Nc1nnc(-c2ccncc2)s1.S=c1[nH][nH]c(=S)s1.S=c1[nH]ncs1.c1ccc2nsnc2c1. The van der Waals surface area contributed by atoms with Gasteiger partial charge in [0.25, 0.3) is 0 Å². The van der Waals surface area contributed by atoms with Crippen molar-refractivity contribution in [3.63, 3.8) is 0 Å². The zero-order valence-corrected chi connectivity index (χ0v) is 49.2.